The van der Waals surface area contributed by atoms with Gasteiger partial charge in [0.05, 0.1) is 10.2 Å². The van der Waals surface area contributed by atoms with Gasteiger partial charge < -0.3 is 5.32 Å². The number of nitrogens with zero attached hydrogens (tertiary/aromatic N) is 1. The van der Waals surface area contributed by atoms with Gasteiger partial charge in [-0.05, 0) is 30.3 Å². The van der Waals surface area contributed by atoms with Gasteiger partial charge in [-0.1, -0.05) is 30.0 Å². The third-order valence-corrected chi connectivity index (χ3v) is 4.94. The van der Waals surface area contributed by atoms with Gasteiger partial charge in [0.25, 0.3) is 0 Å². The molecule has 0 saturated carbocycles. The molecule has 1 heterocycles. The minimum Gasteiger partial charge on any atom is -0.384 e. The van der Waals surface area contributed by atoms with Crippen LogP contribution in [0.15, 0.2) is 52.9 Å². The number of anilines is 1. The number of thioether (sulfide) groups is 1. The lowest BCUT2D eigenvalue weighted by Crippen LogP contribution is -2.03. The van der Waals surface area contributed by atoms with E-state index in [-0.39, 0.29) is 5.82 Å². The van der Waals surface area contributed by atoms with Gasteiger partial charge in [0, 0.05) is 18.0 Å². The molecule has 3 rings (SSSR count). The number of aromatic nitrogens is 1. The van der Waals surface area contributed by atoms with Gasteiger partial charge in [-0.15, -0.1) is 11.3 Å². The second-order valence-electron chi connectivity index (χ2n) is 4.23. The molecule has 3 aromatic rings. The minimum atomic E-state index is -0.214. The van der Waals surface area contributed by atoms with E-state index >= 15 is 0 Å². The van der Waals surface area contributed by atoms with E-state index in [1.165, 1.54) is 16.8 Å². The number of nitrogens with one attached hydrogen (secondary N) is 1. The van der Waals surface area contributed by atoms with Crippen LogP contribution in [0.2, 0.25) is 0 Å². The zero-order chi connectivity index (χ0) is 13.8. The summed E-state index contributed by atoms with van der Waals surface area (Å²) < 4.78 is 15.3. The first kappa shape index (κ1) is 13.4. The Morgan fingerprint density at radius 1 is 1.15 bits per heavy atom. The fourth-order valence-electron chi connectivity index (χ4n) is 1.84. The lowest BCUT2D eigenvalue weighted by atomic mass is 10.3. The van der Waals surface area contributed by atoms with Crippen LogP contribution in [0.4, 0.5) is 10.1 Å². The van der Waals surface area contributed by atoms with Gasteiger partial charge in [-0.3, -0.25) is 0 Å². The van der Waals surface area contributed by atoms with Crippen molar-refractivity contribution in [1.29, 1.82) is 0 Å². The predicted molar refractivity (Wildman–Crippen MR) is 85.2 cm³/mol. The zero-order valence-corrected chi connectivity index (χ0v) is 12.3. The van der Waals surface area contributed by atoms with Crippen molar-refractivity contribution in [2.45, 2.75) is 4.34 Å². The van der Waals surface area contributed by atoms with Crippen molar-refractivity contribution in [2.75, 3.05) is 17.6 Å². The Hall–Kier alpha value is -1.59. The van der Waals surface area contributed by atoms with Crippen LogP contribution in [0.25, 0.3) is 10.2 Å². The van der Waals surface area contributed by atoms with Crippen LogP contribution in [0, 0.1) is 5.82 Å². The molecule has 0 unspecified atom stereocenters. The highest BCUT2D eigenvalue weighted by Gasteiger charge is 2.03. The molecule has 0 bridgehead atoms. The number of rotatable bonds is 5. The molecule has 0 aliphatic heterocycles. The molecule has 0 aliphatic carbocycles. The normalized spacial score (nSPS) is 10.8. The summed E-state index contributed by atoms with van der Waals surface area (Å²) in [5.41, 5.74) is 1.87. The number of benzene rings is 2. The van der Waals surface area contributed by atoms with Crippen molar-refractivity contribution in [3.63, 3.8) is 0 Å². The smallest absolute Gasteiger partial charge is 0.151 e. The van der Waals surface area contributed by atoms with E-state index < -0.39 is 0 Å². The van der Waals surface area contributed by atoms with Crippen LogP contribution < -0.4 is 5.32 Å². The van der Waals surface area contributed by atoms with Gasteiger partial charge in [-0.2, -0.15) is 0 Å². The SMILES string of the molecule is Fc1cccc(NCCSc2nc3ccccc3s2)c1. The minimum absolute atomic E-state index is 0.214. The molecule has 0 atom stereocenters. The Balaban J connectivity index is 1.52. The van der Waals surface area contributed by atoms with E-state index in [2.05, 4.69) is 16.4 Å². The van der Waals surface area contributed by atoms with Gasteiger partial charge >= 0.3 is 0 Å². The van der Waals surface area contributed by atoms with E-state index in [0.717, 1.165) is 27.8 Å². The van der Waals surface area contributed by atoms with Crippen LogP contribution in [0.3, 0.4) is 0 Å². The first-order chi connectivity index (χ1) is 9.81. The van der Waals surface area contributed by atoms with Crippen LogP contribution >= 0.6 is 23.1 Å². The molecule has 1 aromatic heterocycles. The summed E-state index contributed by atoms with van der Waals surface area (Å²) in [6.45, 7) is 0.782. The van der Waals surface area contributed by atoms with Gasteiger partial charge in [-0.25, -0.2) is 9.37 Å². The summed E-state index contributed by atoms with van der Waals surface area (Å²) in [6, 6.07) is 14.7. The molecular weight excluding hydrogens is 291 g/mol. The Morgan fingerprint density at radius 3 is 2.90 bits per heavy atom. The molecule has 2 aromatic carbocycles. The molecule has 0 fully saturated rings. The lowest BCUT2D eigenvalue weighted by Gasteiger charge is -2.04. The Morgan fingerprint density at radius 2 is 2.05 bits per heavy atom. The zero-order valence-electron chi connectivity index (χ0n) is 10.7. The summed E-state index contributed by atoms with van der Waals surface area (Å²) in [6.07, 6.45) is 0. The van der Waals surface area contributed by atoms with E-state index in [1.807, 2.05) is 24.3 Å². The molecule has 0 aliphatic rings. The highest BCUT2D eigenvalue weighted by molar-refractivity contribution is 8.01. The van der Waals surface area contributed by atoms with Crippen LogP contribution in [0.5, 0.6) is 0 Å². The first-order valence-corrected chi connectivity index (χ1v) is 8.09. The third-order valence-electron chi connectivity index (χ3n) is 2.76. The Kier molecular flexibility index (Phi) is 4.18. The fourth-order valence-corrected chi connectivity index (χ4v) is 3.84. The molecular formula is C15H13FN2S2. The summed E-state index contributed by atoms with van der Waals surface area (Å²) in [5, 5.41) is 3.21. The molecule has 2 nitrogen and oxygen atoms in total. The maximum atomic E-state index is 13.0. The summed E-state index contributed by atoms with van der Waals surface area (Å²) >= 11 is 3.43. The van der Waals surface area contributed by atoms with Crippen LogP contribution in [-0.4, -0.2) is 17.3 Å². The van der Waals surface area contributed by atoms with Crippen molar-refractivity contribution in [1.82, 2.24) is 4.98 Å². The fraction of sp³-hybridized carbons (Fsp3) is 0.133. The van der Waals surface area contributed by atoms with E-state index in [4.69, 9.17) is 0 Å². The van der Waals surface area contributed by atoms with Crippen molar-refractivity contribution < 1.29 is 4.39 Å². The number of fused-ring (bicyclic) bond motifs is 1. The summed E-state index contributed by atoms with van der Waals surface area (Å²) in [4.78, 5) is 4.57. The maximum absolute atomic E-state index is 13.0. The quantitative estimate of drug-likeness (QED) is 0.549. The monoisotopic (exact) mass is 304 g/mol. The first-order valence-electron chi connectivity index (χ1n) is 6.29. The third kappa shape index (κ3) is 3.29. The molecule has 1 N–H and O–H groups in total. The predicted octanol–water partition coefficient (Wildman–Crippen LogP) is 4.64. The molecule has 0 radical (unpaired) electrons. The Labute approximate surface area is 125 Å². The van der Waals surface area contributed by atoms with E-state index in [0.29, 0.717) is 0 Å². The highest BCUT2D eigenvalue weighted by atomic mass is 32.2. The standard InChI is InChI=1S/C15H13FN2S2/c16-11-4-3-5-12(10-11)17-8-9-19-15-18-13-6-1-2-7-14(13)20-15/h1-7,10,17H,8-9H2. The van der Waals surface area contributed by atoms with E-state index in [1.54, 1.807) is 29.2 Å². The molecule has 0 saturated heterocycles. The number of para-hydroxylation sites is 1. The lowest BCUT2D eigenvalue weighted by molar-refractivity contribution is 0.628. The van der Waals surface area contributed by atoms with Gasteiger partial charge in [0.1, 0.15) is 5.82 Å². The highest BCUT2D eigenvalue weighted by Crippen LogP contribution is 2.29. The second-order valence-corrected chi connectivity index (χ2v) is 6.61. The van der Waals surface area contributed by atoms with Crippen LogP contribution in [0.1, 0.15) is 0 Å². The van der Waals surface area contributed by atoms with Crippen LogP contribution in [-0.2, 0) is 0 Å². The summed E-state index contributed by atoms with van der Waals surface area (Å²) in [5.74, 6) is 0.685. The van der Waals surface area contributed by atoms with Crippen molar-refractivity contribution in [3.05, 3.63) is 54.3 Å². The molecule has 20 heavy (non-hydrogen) atoms. The number of halogens is 1. The maximum Gasteiger partial charge on any atom is 0.151 e. The topological polar surface area (TPSA) is 24.9 Å². The van der Waals surface area contributed by atoms with Gasteiger partial charge in [0.2, 0.25) is 0 Å². The number of hydrogen-bond donors (Lipinski definition) is 1. The molecule has 102 valence electrons. The second kappa shape index (κ2) is 6.24. The molecule has 5 heteroatoms. The number of hydrogen-bond acceptors (Lipinski definition) is 4. The van der Waals surface area contributed by atoms with Crippen molar-refractivity contribution in [3.8, 4) is 0 Å². The van der Waals surface area contributed by atoms with Crippen molar-refractivity contribution in [2.24, 2.45) is 0 Å². The average Bonchev–Trinajstić information content (AvgIpc) is 2.86. The van der Waals surface area contributed by atoms with Gasteiger partial charge in [0.15, 0.2) is 4.34 Å². The van der Waals surface area contributed by atoms with E-state index in [9.17, 15) is 4.39 Å². The average molecular weight is 304 g/mol. The molecule has 0 spiro atoms. The number of thiazole rings is 1. The molecule has 0 amide bonds. The largest absolute Gasteiger partial charge is 0.384 e. The summed E-state index contributed by atoms with van der Waals surface area (Å²) in [7, 11) is 0. The van der Waals surface area contributed by atoms with Crippen molar-refractivity contribution >= 4 is 39.0 Å². The Bertz CT molecular complexity index is 679.